The fraction of sp³-hybridized carbons (Fsp3) is 0.643. The predicted octanol–water partition coefficient (Wildman–Crippen LogP) is 0.512. The minimum atomic E-state index is -0.837. The van der Waals surface area contributed by atoms with Crippen LogP contribution in [0.4, 0.5) is 5.95 Å². The van der Waals surface area contributed by atoms with E-state index in [1.54, 1.807) is 12.4 Å². The molecule has 0 radical (unpaired) electrons. The first-order chi connectivity index (χ1) is 10.1. The molecule has 0 unspecified atom stereocenters. The van der Waals surface area contributed by atoms with Gasteiger partial charge in [0.05, 0.1) is 13.2 Å². The van der Waals surface area contributed by atoms with Gasteiger partial charge in [0.25, 0.3) is 0 Å². The van der Waals surface area contributed by atoms with Gasteiger partial charge in [-0.2, -0.15) is 0 Å². The molecule has 0 aromatic carbocycles. The van der Waals surface area contributed by atoms with Gasteiger partial charge in [0.2, 0.25) is 5.95 Å². The summed E-state index contributed by atoms with van der Waals surface area (Å²) in [6, 6.07) is -0.566. The summed E-state index contributed by atoms with van der Waals surface area (Å²) in [7, 11) is 0. The molecule has 2 N–H and O–H groups in total. The lowest BCUT2D eigenvalue weighted by Crippen LogP contribution is -2.40. The maximum absolute atomic E-state index is 11.1. The molecule has 2 rings (SSSR count). The summed E-state index contributed by atoms with van der Waals surface area (Å²) in [4.78, 5) is 21.9. The van der Waals surface area contributed by atoms with Crippen LogP contribution in [-0.2, 0) is 16.1 Å². The van der Waals surface area contributed by atoms with Crippen LogP contribution < -0.4 is 10.2 Å². The summed E-state index contributed by atoms with van der Waals surface area (Å²) >= 11 is 0. The molecule has 0 saturated carbocycles. The van der Waals surface area contributed by atoms with E-state index in [2.05, 4.69) is 20.2 Å². The van der Waals surface area contributed by atoms with E-state index in [-0.39, 0.29) is 5.92 Å². The molecule has 7 nitrogen and oxygen atoms in total. The highest BCUT2D eigenvalue weighted by Crippen LogP contribution is 2.10. The lowest BCUT2D eigenvalue weighted by molar-refractivity contribution is -0.140. The van der Waals surface area contributed by atoms with Crippen LogP contribution in [0.15, 0.2) is 12.4 Å². The molecule has 0 bridgehead atoms. The number of anilines is 1. The smallest absolute Gasteiger partial charge is 0.320 e. The fourth-order valence-corrected chi connectivity index (χ4v) is 2.20. The molecule has 1 fully saturated rings. The van der Waals surface area contributed by atoms with Crippen LogP contribution >= 0.6 is 0 Å². The second-order valence-corrected chi connectivity index (χ2v) is 5.43. The average molecular weight is 294 g/mol. The highest BCUT2D eigenvalue weighted by molar-refractivity contribution is 5.73. The van der Waals surface area contributed by atoms with E-state index in [1.165, 1.54) is 0 Å². The minimum absolute atomic E-state index is 0.0241. The third-order valence-electron chi connectivity index (χ3n) is 3.44. The van der Waals surface area contributed by atoms with Gasteiger partial charge in [-0.05, 0) is 5.92 Å². The van der Waals surface area contributed by atoms with Gasteiger partial charge < -0.3 is 14.7 Å². The number of rotatable bonds is 6. The largest absolute Gasteiger partial charge is 0.480 e. The van der Waals surface area contributed by atoms with Crippen molar-refractivity contribution in [3.63, 3.8) is 0 Å². The Morgan fingerprint density at radius 3 is 2.52 bits per heavy atom. The first kappa shape index (κ1) is 15.7. The number of nitrogens with one attached hydrogen (secondary N) is 1. The monoisotopic (exact) mass is 294 g/mol. The van der Waals surface area contributed by atoms with E-state index >= 15 is 0 Å². The number of hydrogen-bond donors (Lipinski definition) is 2. The predicted molar refractivity (Wildman–Crippen MR) is 78.2 cm³/mol. The summed E-state index contributed by atoms with van der Waals surface area (Å²) in [5, 5.41) is 12.1. The van der Waals surface area contributed by atoms with Gasteiger partial charge >= 0.3 is 5.97 Å². The number of morpholine rings is 1. The third kappa shape index (κ3) is 4.37. The van der Waals surface area contributed by atoms with Gasteiger partial charge in [-0.25, -0.2) is 9.97 Å². The fourth-order valence-electron chi connectivity index (χ4n) is 2.20. The maximum Gasteiger partial charge on any atom is 0.320 e. The number of ether oxygens (including phenoxy) is 1. The van der Waals surface area contributed by atoms with E-state index in [0.29, 0.717) is 25.7 Å². The van der Waals surface area contributed by atoms with E-state index in [1.807, 2.05) is 13.8 Å². The SMILES string of the molecule is CC(C)[C@H](NCc1cnc(N2CCOCC2)nc1)C(=O)O. The van der Waals surface area contributed by atoms with Crippen molar-refractivity contribution < 1.29 is 14.6 Å². The van der Waals surface area contributed by atoms with Crippen LogP contribution in [0.1, 0.15) is 19.4 Å². The van der Waals surface area contributed by atoms with Crippen LogP contribution in [0, 0.1) is 5.92 Å². The number of nitrogens with zero attached hydrogens (tertiary/aromatic N) is 3. The molecule has 0 spiro atoms. The van der Waals surface area contributed by atoms with Gasteiger partial charge in [-0.3, -0.25) is 10.1 Å². The third-order valence-corrected chi connectivity index (χ3v) is 3.44. The molecule has 1 aromatic rings. The molecule has 116 valence electrons. The summed E-state index contributed by atoms with van der Waals surface area (Å²) in [5.41, 5.74) is 0.874. The summed E-state index contributed by atoms with van der Waals surface area (Å²) < 4.78 is 5.29. The van der Waals surface area contributed by atoms with Gasteiger partial charge in [0.1, 0.15) is 6.04 Å². The Balaban J connectivity index is 1.91. The van der Waals surface area contributed by atoms with E-state index in [4.69, 9.17) is 9.84 Å². The number of carboxylic acid groups (broad SMARTS) is 1. The average Bonchev–Trinajstić information content (AvgIpc) is 2.48. The second-order valence-electron chi connectivity index (χ2n) is 5.43. The van der Waals surface area contributed by atoms with Crippen molar-refractivity contribution in [2.75, 3.05) is 31.2 Å². The second kappa shape index (κ2) is 7.33. The first-order valence-corrected chi connectivity index (χ1v) is 7.17. The zero-order valence-corrected chi connectivity index (χ0v) is 12.5. The molecule has 1 atom stereocenters. The first-order valence-electron chi connectivity index (χ1n) is 7.17. The van der Waals surface area contributed by atoms with E-state index in [0.717, 1.165) is 18.7 Å². The lowest BCUT2D eigenvalue weighted by Gasteiger charge is -2.26. The van der Waals surface area contributed by atoms with Gasteiger partial charge in [0, 0.05) is 37.6 Å². The van der Waals surface area contributed by atoms with Gasteiger partial charge in [0.15, 0.2) is 0 Å². The molecule has 1 aromatic heterocycles. The molecule has 0 amide bonds. The van der Waals surface area contributed by atoms with Crippen molar-refractivity contribution in [2.45, 2.75) is 26.4 Å². The summed E-state index contributed by atoms with van der Waals surface area (Å²) in [6.07, 6.45) is 3.48. The summed E-state index contributed by atoms with van der Waals surface area (Å²) in [5.74, 6) is -0.118. The van der Waals surface area contributed by atoms with Crippen molar-refractivity contribution in [1.82, 2.24) is 15.3 Å². The van der Waals surface area contributed by atoms with Crippen LogP contribution in [0.3, 0.4) is 0 Å². The highest BCUT2D eigenvalue weighted by Gasteiger charge is 2.20. The van der Waals surface area contributed by atoms with Crippen LogP contribution in [-0.4, -0.2) is 53.4 Å². The number of carbonyl (C=O) groups is 1. The Hall–Kier alpha value is -1.73. The van der Waals surface area contributed by atoms with E-state index < -0.39 is 12.0 Å². The Morgan fingerprint density at radius 1 is 1.38 bits per heavy atom. The number of aromatic nitrogens is 2. The molecule has 7 heteroatoms. The van der Waals surface area contributed by atoms with Crippen molar-refractivity contribution >= 4 is 11.9 Å². The zero-order chi connectivity index (χ0) is 15.2. The topological polar surface area (TPSA) is 87.6 Å². The van der Waals surface area contributed by atoms with Crippen LogP contribution in [0.5, 0.6) is 0 Å². The van der Waals surface area contributed by atoms with Crippen LogP contribution in [0.25, 0.3) is 0 Å². The number of hydrogen-bond acceptors (Lipinski definition) is 6. The molecule has 1 saturated heterocycles. The van der Waals surface area contributed by atoms with Crippen molar-refractivity contribution in [2.24, 2.45) is 5.92 Å². The lowest BCUT2D eigenvalue weighted by atomic mass is 10.0. The molecule has 1 aliphatic rings. The molecular weight excluding hydrogens is 272 g/mol. The molecule has 0 aliphatic carbocycles. The Bertz CT molecular complexity index is 458. The minimum Gasteiger partial charge on any atom is -0.480 e. The number of aliphatic carboxylic acids is 1. The van der Waals surface area contributed by atoms with Crippen LogP contribution in [0.2, 0.25) is 0 Å². The number of carboxylic acids is 1. The normalized spacial score (nSPS) is 17.0. The van der Waals surface area contributed by atoms with Gasteiger partial charge in [-0.1, -0.05) is 13.8 Å². The van der Waals surface area contributed by atoms with Crippen molar-refractivity contribution in [3.05, 3.63) is 18.0 Å². The zero-order valence-electron chi connectivity index (χ0n) is 12.5. The molecular formula is C14H22N4O3. The van der Waals surface area contributed by atoms with Gasteiger partial charge in [-0.15, -0.1) is 0 Å². The Morgan fingerprint density at radius 2 is 2.00 bits per heavy atom. The summed E-state index contributed by atoms with van der Waals surface area (Å²) in [6.45, 7) is 7.19. The molecule has 2 heterocycles. The maximum atomic E-state index is 11.1. The highest BCUT2D eigenvalue weighted by atomic mass is 16.5. The standard InChI is InChI=1S/C14H22N4O3/c1-10(2)12(13(19)20)15-7-11-8-16-14(17-9-11)18-3-5-21-6-4-18/h8-10,12,15H,3-7H2,1-2H3,(H,19,20)/t12-/m0/s1. The van der Waals surface area contributed by atoms with Crippen molar-refractivity contribution in [1.29, 1.82) is 0 Å². The van der Waals surface area contributed by atoms with Crippen molar-refractivity contribution in [3.8, 4) is 0 Å². The molecule has 1 aliphatic heterocycles. The quantitative estimate of drug-likeness (QED) is 0.790. The molecule has 21 heavy (non-hydrogen) atoms. The Labute approximate surface area is 124 Å². The Kier molecular flexibility index (Phi) is 5.46. The van der Waals surface area contributed by atoms with E-state index in [9.17, 15) is 4.79 Å².